The van der Waals surface area contributed by atoms with Crippen LogP contribution in [0.15, 0.2) is 0 Å². The largest absolute Gasteiger partial charge is 0.389 e. The molecule has 0 saturated carbocycles. The van der Waals surface area contributed by atoms with Gasteiger partial charge in [0.1, 0.15) is 0 Å². The van der Waals surface area contributed by atoms with Gasteiger partial charge in [-0.1, -0.05) is 13.3 Å². The van der Waals surface area contributed by atoms with E-state index in [-0.39, 0.29) is 0 Å². The fourth-order valence-electron chi connectivity index (χ4n) is 3.27. The SMILES string of the molecule is CCC(C)(O)CNC1CC2CCCC(C1)N2C. The van der Waals surface area contributed by atoms with E-state index in [9.17, 15) is 5.11 Å². The number of aliphatic hydroxyl groups is 1. The standard InChI is InChI=1S/C14H28N2O/c1-4-14(2,17)10-15-11-8-12-6-5-7-13(9-11)16(12)3/h11-13,15,17H,4-10H2,1-3H3. The minimum absolute atomic E-state index is 0.543. The highest BCUT2D eigenvalue weighted by Gasteiger charge is 2.36. The van der Waals surface area contributed by atoms with Crippen molar-refractivity contribution < 1.29 is 5.11 Å². The third-order valence-electron chi connectivity index (χ3n) is 4.87. The van der Waals surface area contributed by atoms with Crippen LogP contribution in [0.3, 0.4) is 0 Å². The molecule has 2 fully saturated rings. The number of nitrogens with zero attached hydrogens (tertiary/aromatic N) is 1. The van der Waals surface area contributed by atoms with Gasteiger partial charge in [-0.15, -0.1) is 0 Å². The van der Waals surface area contributed by atoms with E-state index in [4.69, 9.17) is 0 Å². The molecule has 2 bridgehead atoms. The molecule has 2 heterocycles. The monoisotopic (exact) mass is 240 g/mol. The fraction of sp³-hybridized carbons (Fsp3) is 1.00. The lowest BCUT2D eigenvalue weighted by Gasteiger charge is -2.47. The zero-order valence-electron chi connectivity index (χ0n) is 11.6. The molecular weight excluding hydrogens is 212 g/mol. The van der Waals surface area contributed by atoms with Crippen molar-refractivity contribution in [3.05, 3.63) is 0 Å². The second-order valence-corrected chi connectivity index (χ2v) is 6.30. The first-order valence-electron chi connectivity index (χ1n) is 7.19. The van der Waals surface area contributed by atoms with Gasteiger partial charge in [0.15, 0.2) is 0 Å². The van der Waals surface area contributed by atoms with Crippen molar-refractivity contribution in [1.82, 2.24) is 10.2 Å². The van der Waals surface area contributed by atoms with Gasteiger partial charge in [0, 0.05) is 24.7 Å². The quantitative estimate of drug-likeness (QED) is 0.786. The summed E-state index contributed by atoms with van der Waals surface area (Å²) in [5, 5.41) is 13.6. The lowest BCUT2D eigenvalue weighted by molar-refractivity contribution is 0.0258. The third-order valence-corrected chi connectivity index (χ3v) is 4.87. The minimum Gasteiger partial charge on any atom is -0.389 e. The third kappa shape index (κ3) is 3.21. The highest BCUT2D eigenvalue weighted by Crippen LogP contribution is 2.32. The summed E-state index contributed by atoms with van der Waals surface area (Å²) in [7, 11) is 2.28. The number of hydrogen-bond donors (Lipinski definition) is 2. The summed E-state index contributed by atoms with van der Waals surface area (Å²) in [6.07, 6.45) is 7.45. The van der Waals surface area contributed by atoms with E-state index in [1.165, 1.54) is 32.1 Å². The molecule has 0 aromatic carbocycles. The van der Waals surface area contributed by atoms with Crippen LogP contribution in [0.5, 0.6) is 0 Å². The van der Waals surface area contributed by atoms with Gasteiger partial charge in [-0.3, -0.25) is 0 Å². The molecule has 0 aromatic heterocycles. The predicted molar refractivity (Wildman–Crippen MR) is 71.1 cm³/mol. The first-order chi connectivity index (χ1) is 8.02. The van der Waals surface area contributed by atoms with Gasteiger partial charge < -0.3 is 15.3 Å². The molecule has 2 aliphatic heterocycles. The highest BCUT2D eigenvalue weighted by atomic mass is 16.3. The Bertz CT molecular complexity index is 241. The molecule has 0 spiro atoms. The fourth-order valence-corrected chi connectivity index (χ4v) is 3.27. The van der Waals surface area contributed by atoms with Gasteiger partial charge in [-0.25, -0.2) is 0 Å². The molecule has 2 aliphatic rings. The zero-order chi connectivity index (χ0) is 12.5. The maximum Gasteiger partial charge on any atom is 0.0741 e. The molecule has 3 atom stereocenters. The highest BCUT2D eigenvalue weighted by molar-refractivity contribution is 4.94. The Balaban J connectivity index is 1.84. The smallest absolute Gasteiger partial charge is 0.0741 e. The number of hydrogen-bond acceptors (Lipinski definition) is 3. The van der Waals surface area contributed by atoms with Crippen molar-refractivity contribution in [2.75, 3.05) is 13.6 Å². The van der Waals surface area contributed by atoms with Crippen molar-refractivity contribution in [3.63, 3.8) is 0 Å². The molecule has 0 aliphatic carbocycles. The lowest BCUT2D eigenvalue weighted by atomic mass is 9.82. The van der Waals surface area contributed by atoms with Crippen molar-refractivity contribution in [1.29, 1.82) is 0 Å². The van der Waals surface area contributed by atoms with Crippen LogP contribution in [0, 0.1) is 0 Å². The molecule has 2 N–H and O–H groups in total. The summed E-state index contributed by atoms with van der Waals surface area (Å²) in [5.41, 5.74) is -0.543. The van der Waals surface area contributed by atoms with Crippen molar-refractivity contribution in [2.45, 2.75) is 76.1 Å². The predicted octanol–water partition coefficient (Wildman–Crippen LogP) is 1.75. The number of nitrogens with one attached hydrogen (secondary N) is 1. The van der Waals surface area contributed by atoms with Gasteiger partial charge in [-0.2, -0.15) is 0 Å². The first kappa shape index (κ1) is 13.3. The van der Waals surface area contributed by atoms with Crippen LogP contribution in [0.2, 0.25) is 0 Å². The topological polar surface area (TPSA) is 35.5 Å². The molecule has 2 rings (SSSR count). The molecule has 2 saturated heterocycles. The van der Waals surface area contributed by atoms with E-state index in [0.29, 0.717) is 6.04 Å². The second kappa shape index (κ2) is 5.25. The maximum absolute atomic E-state index is 10.0. The second-order valence-electron chi connectivity index (χ2n) is 6.30. The molecule has 3 heteroatoms. The molecule has 0 aromatic rings. The number of rotatable bonds is 4. The van der Waals surface area contributed by atoms with Crippen LogP contribution in [-0.4, -0.2) is 47.3 Å². The zero-order valence-corrected chi connectivity index (χ0v) is 11.6. The van der Waals surface area contributed by atoms with Crippen molar-refractivity contribution >= 4 is 0 Å². The summed E-state index contributed by atoms with van der Waals surface area (Å²) in [6.45, 7) is 4.71. The van der Waals surface area contributed by atoms with Crippen LogP contribution >= 0.6 is 0 Å². The van der Waals surface area contributed by atoms with Gasteiger partial charge in [0.05, 0.1) is 5.60 Å². The summed E-state index contributed by atoms with van der Waals surface area (Å²) >= 11 is 0. The summed E-state index contributed by atoms with van der Waals surface area (Å²) in [6, 6.07) is 2.15. The molecule has 0 amide bonds. The van der Waals surface area contributed by atoms with Gasteiger partial charge in [0.25, 0.3) is 0 Å². The Morgan fingerprint density at radius 2 is 1.88 bits per heavy atom. The Labute approximate surface area is 106 Å². The normalized spacial score (nSPS) is 37.8. The number of fused-ring (bicyclic) bond motifs is 2. The average molecular weight is 240 g/mol. The van der Waals surface area contributed by atoms with Crippen LogP contribution in [0.4, 0.5) is 0 Å². The van der Waals surface area contributed by atoms with E-state index in [0.717, 1.165) is 25.0 Å². The lowest BCUT2D eigenvalue weighted by Crippen LogP contribution is -2.55. The van der Waals surface area contributed by atoms with Crippen LogP contribution in [0.1, 0.15) is 52.4 Å². The van der Waals surface area contributed by atoms with Gasteiger partial charge in [-0.05, 0) is 46.1 Å². The molecular formula is C14H28N2O. The van der Waals surface area contributed by atoms with Crippen molar-refractivity contribution in [3.8, 4) is 0 Å². The molecule has 0 radical (unpaired) electrons. The number of piperidine rings is 2. The van der Waals surface area contributed by atoms with Crippen molar-refractivity contribution in [2.24, 2.45) is 0 Å². The van der Waals surface area contributed by atoms with Crippen LogP contribution < -0.4 is 5.32 Å². The Kier molecular flexibility index (Phi) is 4.11. The maximum atomic E-state index is 10.0. The van der Waals surface area contributed by atoms with Gasteiger partial charge in [0.2, 0.25) is 0 Å². The van der Waals surface area contributed by atoms with E-state index < -0.39 is 5.60 Å². The average Bonchev–Trinajstić information content (AvgIpc) is 2.27. The van der Waals surface area contributed by atoms with Crippen LogP contribution in [0.25, 0.3) is 0 Å². The molecule has 3 unspecified atom stereocenters. The first-order valence-corrected chi connectivity index (χ1v) is 7.19. The van der Waals surface area contributed by atoms with E-state index in [1.807, 2.05) is 13.8 Å². The van der Waals surface area contributed by atoms with E-state index in [1.54, 1.807) is 0 Å². The van der Waals surface area contributed by atoms with Gasteiger partial charge >= 0.3 is 0 Å². The summed E-state index contributed by atoms with van der Waals surface area (Å²) in [5.74, 6) is 0. The Morgan fingerprint density at radius 1 is 1.29 bits per heavy atom. The Hall–Kier alpha value is -0.120. The van der Waals surface area contributed by atoms with E-state index >= 15 is 0 Å². The van der Waals surface area contributed by atoms with E-state index in [2.05, 4.69) is 17.3 Å². The molecule has 17 heavy (non-hydrogen) atoms. The molecule has 3 nitrogen and oxygen atoms in total. The Morgan fingerprint density at radius 3 is 2.41 bits per heavy atom. The molecule has 100 valence electrons. The summed E-state index contributed by atoms with van der Waals surface area (Å²) < 4.78 is 0. The van der Waals surface area contributed by atoms with Crippen LogP contribution in [-0.2, 0) is 0 Å². The minimum atomic E-state index is -0.543. The summed E-state index contributed by atoms with van der Waals surface area (Å²) in [4.78, 5) is 2.58.